The molecule has 2 aromatic carbocycles. The van der Waals surface area contributed by atoms with Gasteiger partial charge in [0.1, 0.15) is 17.4 Å². The highest BCUT2D eigenvalue weighted by Crippen LogP contribution is 2.22. The zero-order valence-corrected chi connectivity index (χ0v) is 18.5. The molecule has 0 fully saturated rings. The Morgan fingerprint density at radius 3 is 2.60 bits per heavy atom. The number of carbonyl (C=O) groups is 2. The normalized spacial score (nSPS) is 10.5. The molecule has 3 aromatic rings. The van der Waals surface area contributed by atoms with E-state index >= 15 is 0 Å². The molecule has 0 saturated heterocycles. The van der Waals surface area contributed by atoms with Crippen LogP contribution < -0.4 is 10.1 Å². The molecule has 0 unspecified atom stereocenters. The van der Waals surface area contributed by atoms with Gasteiger partial charge >= 0.3 is 0 Å². The lowest BCUT2D eigenvalue weighted by Crippen LogP contribution is -2.22. The summed E-state index contributed by atoms with van der Waals surface area (Å²) in [6.45, 7) is 2.37. The molecule has 0 aliphatic heterocycles. The molecule has 0 bridgehead atoms. The van der Waals surface area contributed by atoms with Crippen molar-refractivity contribution in [1.82, 2.24) is 9.88 Å². The van der Waals surface area contributed by atoms with Crippen LogP contribution in [0.1, 0.15) is 26.6 Å². The third-order valence-corrected chi connectivity index (χ3v) is 5.41. The van der Waals surface area contributed by atoms with Crippen LogP contribution in [0.3, 0.4) is 0 Å². The van der Waals surface area contributed by atoms with Crippen molar-refractivity contribution >= 4 is 40.4 Å². The van der Waals surface area contributed by atoms with Crippen molar-refractivity contribution in [3.63, 3.8) is 0 Å². The first kappa shape index (κ1) is 21.8. The fraction of sp³-hybridized carbons (Fsp3) is 0.227. The summed E-state index contributed by atoms with van der Waals surface area (Å²) in [6.07, 6.45) is 0.126. The Labute approximate surface area is 184 Å². The van der Waals surface area contributed by atoms with E-state index in [-0.39, 0.29) is 18.2 Å². The number of ether oxygens (including phenoxy) is 1. The van der Waals surface area contributed by atoms with Crippen molar-refractivity contribution in [1.29, 1.82) is 0 Å². The predicted molar refractivity (Wildman–Crippen MR) is 119 cm³/mol. The van der Waals surface area contributed by atoms with Crippen LogP contribution in [0.5, 0.6) is 5.75 Å². The molecular formula is C22H22ClN3O3S. The minimum absolute atomic E-state index is 0.126. The molecule has 0 atom stereocenters. The van der Waals surface area contributed by atoms with Gasteiger partial charge in [-0.1, -0.05) is 29.3 Å². The van der Waals surface area contributed by atoms with Crippen LogP contribution >= 0.6 is 22.9 Å². The zero-order valence-electron chi connectivity index (χ0n) is 16.9. The maximum absolute atomic E-state index is 12.4. The first-order chi connectivity index (χ1) is 14.3. The number of aromatic nitrogens is 1. The Bertz CT molecular complexity index is 1050. The fourth-order valence-corrected chi connectivity index (χ4v) is 3.56. The van der Waals surface area contributed by atoms with E-state index in [4.69, 9.17) is 16.3 Å². The van der Waals surface area contributed by atoms with E-state index in [0.717, 1.165) is 10.8 Å². The summed E-state index contributed by atoms with van der Waals surface area (Å²) in [4.78, 5) is 30.5. The highest BCUT2D eigenvalue weighted by Gasteiger charge is 2.15. The number of nitrogens with zero attached hydrogens (tertiary/aromatic N) is 2. The molecule has 1 aromatic heterocycles. The Kier molecular flexibility index (Phi) is 7.07. The third-order valence-electron chi connectivity index (χ3n) is 4.21. The number of hydrogen-bond donors (Lipinski definition) is 1. The first-order valence-corrected chi connectivity index (χ1v) is 10.5. The van der Waals surface area contributed by atoms with Crippen molar-refractivity contribution < 1.29 is 14.3 Å². The maximum atomic E-state index is 12.4. The van der Waals surface area contributed by atoms with Crippen molar-refractivity contribution in [3.05, 3.63) is 74.7 Å². The minimum atomic E-state index is -0.228. The lowest BCUT2D eigenvalue weighted by molar-refractivity contribution is -0.115. The number of anilines is 1. The van der Waals surface area contributed by atoms with E-state index in [9.17, 15) is 9.59 Å². The lowest BCUT2D eigenvalue weighted by atomic mass is 10.1. The first-order valence-electron chi connectivity index (χ1n) is 9.25. The quantitative estimate of drug-likeness (QED) is 0.580. The van der Waals surface area contributed by atoms with E-state index in [1.165, 1.54) is 21.8 Å². The number of benzene rings is 2. The second-order valence-electron chi connectivity index (χ2n) is 6.95. The number of thiazole rings is 1. The van der Waals surface area contributed by atoms with Gasteiger partial charge in [0.25, 0.3) is 5.91 Å². The molecule has 30 heavy (non-hydrogen) atoms. The van der Waals surface area contributed by atoms with Crippen LogP contribution in [0, 0.1) is 6.92 Å². The number of hydrogen-bond acceptors (Lipinski definition) is 5. The van der Waals surface area contributed by atoms with Crippen molar-refractivity contribution in [3.8, 4) is 5.75 Å². The summed E-state index contributed by atoms with van der Waals surface area (Å²) in [5.74, 6) is 0.326. The second kappa shape index (κ2) is 9.73. The molecule has 0 aliphatic carbocycles. The molecule has 0 saturated carbocycles. The molecule has 2 amide bonds. The van der Waals surface area contributed by atoms with Crippen LogP contribution in [-0.2, 0) is 17.8 Å². The van der Waals surface area contributed by atoms with Crippen molar-refractivity contribution in [2.45, 2.75) is 20.0 Å². The van der Waals surface area contributed by atoms with Gasteiger partial charge in [0, 0.05) is 25.2 Å². The Balaban J connectivity index is 1.57. The highest BCUT2D eigenvalue weighted by molar-refractivity contribution is 7.09. The van der Waals surface area contributed by atoms with Crippen LogP contribution in [0.25, 0.3) is 0 Å². The summed E-state index contributed by atoms with van der Waals surface area (Å²) in [6, 6.07) is 12.6. The molecule has 8 heteroatoms. The van der Waals surface area contributed by atoms with Crippen LogP contribution in [0.2, 0.25) is 5.02 Å². The summed E-state index contributed by atoms with van der Waals surface area (Å²) >= 11 is 7.55. The summed E-state index contributed by atoms with van der Waals surface area (Å²) in [5, 5.41) is 5.77. The predicted octanol–water partition coefficient (Wildman–Crippen LogP) is 4.57. The molecule has 0 spiro atoms. The van der Waals surface area contributed by atoms with Gasteiger partial charge in [-0.2, -0.15) is 0 Å². The maximum Gasteiger partial charge on any atom is 0.254 e. The van der Waals surface area contributed by atoms with Gasteiger partial charge in [-0.05, 0) is 37.3 Å². The Morgan fingerprint density at radius 1 is 1.17 bits per heavy atom. The molecule has 3 rings (SSSR count). The van der Waals surface area contributed by atoms with Gasteiger partial charge in [-0.3, -0.25) is 9.59 Å². The van der Waals surface area contributed by atoms with Gasteiger partial charge < -0.3 is 15.0 Å². The smallest absolute Gasteiger partial charge is 0.254 e. The van der Waals surface area contributed by atoms with Crippen LogP contribution in [-0.4, -0.2) is 35.8 Å². The number of rotatable bonds is 7. The summed E-state index contributed by atoms with van der Waals surface area (Å²) < 4.78 is 5.73. The molecule has 156 valence electrons. The van der Waals surface area contributed by atoms with E-state index in [1.807, 2.05) is 36.6 Å². The van der Waals surface area contributed by atoms with Crippen LogP contribution in [0.15, 0.2) is 47.8 Å². The summed E-state index contributed by atoms with van der Waals surface area (Å²) in [5.41, 5.74) is 2.68. The van der Waals surface area contributed by atoms with Gasteiger partial charge in [0.15, 0.2) is 0 Å². The van der Waals surface area contributed by atoms with Crippen molar-refractivity contribution in [2.75, 3.05) is 19.4 Å². The van der Waals surface area contributed by atoms with Crippen LogP contribution in [0.4, 0.5) is 5.69 Å². The average Bonchev–Trinajstić information content (AvgIpc) is 3.15. The largest absolute Gasteiger partial charge is 0.486 e. The highest BCUT2D eigenvalue weighted by atomic mass is 35.5. The van der Waals surface area contributed by atoms with Gasteiger partial charge in [-0.15, -0.1) is 11.3 Å². The average molecular weight is 444 g/mol. The minimum Gasteiger partial charge on any atom is -0.486 e. The number of amides is 2. The molecule has 0 aliphatic rings. The molecule has 1 heterocycles. The number of aryl methyl sites for hydroxylation is 1. The molecule has 1 N–H and O–H groups in total. The third kappa shape index (κ3) is 5.81. The van der Waals surface area contributed by atoms with E-state index in [0.29, 0.717) is 28.6 Å². The van der Waals surface area contributed by atoms with E-state index in [2.05, 4.69) is 10.3 Å². The SMILES string of the molecule is Cc1ccc(OCc2nc(CC(=O)Nc3ccc(Cl)c(C(=O)N(C)C)c3)cs2)cc1. The van der Waals surface area contributed by atoms with Gasteiger partial charge in [0.05, 0.1) is 22.7 Å². The molecule has 6 nitrogen and oxygen atoms in total. The fourth-order valence-electron chi connectivity index (χ4n) is 2.65. The topological polar surface area (TPSA) is 71.5 Å². The van der Waals surface area contributed by atoms with Crippen molar-refractivity contribution in [2.24, 2.45) is 0 Å². The molecular weight excluding hydrogens is 422 g/mol. The van der Waals surface area contributed by atoms with E-state index < -0.39 is 0 Å². The van der Waals surface area contributed by atoms with Gasteiger partial charge in [-0.25, -0.2) is 4.98 Å². The molecule has 0 radical (unpaired) electrons. The zero-order chi connectivity index (χ0) is 21.7. The Morgan fingerprint density at radius 2 is 1.90 bits per heavy atom. The number of carbonyl (C=O) groups excluding carboxylic acids is 2. The van der Waals surface area contributed by atoms with E-state index in [1.54, 1.807) is 32.3 Å². The lowest BCUT2D eigenvalue weighted by Gasteiger charge is -2.13. The monoisotopic (exact) mass is 443 g/mol. The second-order valence-corrected chi connectivity index (χ2v) is 8.30. The number of halogens is 1. The Hall–Kier alpha value is -2.90. The summed E-state index contributed by atoms with van der Waals surface area (Å²) in [7, 11) is 3.29. The number of nitrogens with one attached hydrogen (secondary N) is 1. The standard InChI is InChI=1S/C22H22ClN3O3S/c1-14-4-7-17(8-5-14)29-12-21-25-16(13-30-21)11-20(27)24-15-6-9-19(23)18(10-15)22(28)26(2)3/h4-10,13H,11-12H2,1-3H3,(H,24,27). The van der Waals surface area contributed by atoms with Gasteiger partial charge in [0.2, 0.25) is 5.91 Å².